The van der Waals surface area contributed by atoms with Crippen molar-refractivity contribution in [2.75, 3.05) is 11.6 Å². The van der Waals surface area contributed by atoms with Crippen LogP contribution in [0.25, 0.3) is 0 Å². The van der Waals surface area contributed by atoms with Gasteiger partial charge in [0.25, 0.3) is 5.91 Å². The number of carbonyl (C=O) groups excluding carboxylic acids is 3. The summed E-state index contributed by atoms with van der Waals surface area (Å²) in [5, 5.41) is 5.77. The van der Waals surface area contributed by atoms with Crippen molar-refractivity contribution in [1.29, 1.82) is 0 Å². The average molecular weight is 361 g/mol. The number of hydrogen-bond acceptors (Lipinski definition) is 6. The SMILES string of the molecule is CCCC(=O)CC(=O)OCC.CCCC1=NN(c2ccncc2)C(=O)C1. The van der Waals surface area contributed by atoms with Crippen LogP contribution in [0.15, 0.2) is 29.6 Å². The van der Waals surface area contributed by atoms with Crippen molar-refractivity contribution in [2.24, 2.45) is 5.10 Å². The number of ether oxygens (including phenoxy) is 1. The normalized spacial score (nSPS) is 13.0. The Balaban J connectivity index is 0.000000276. The molecule has 1 aromatic rings. The molecule has 0 aliphatic carbocycles. The second-order valence-electron chi connectivity index (χ2n) is 5.77. The number of anilines is 1. The summed E-state index contributed by atoms with van der Waals surface area (Å²) in [7, 11) is 0. The molecule has 0 fully saturated rings. The molecule has 26 heavy (non-hydrogen) atoms. The Labute approximate surface area is 154 Å². The highest BCUT2D eigenvalue weighted by molar-refractivity contribution is 6.12. The van der Waals surface area contributed by atoms with Crippen molar-refractivity contribution in [3.63, 3.8) is 0 Å². The van der Waals surface area contributed by atoms with E-state index in [9.17, 15) is 14.4 Å². The Morgan fingerprint density at radius 1 is 1.15 bits per heavy atom. The van der Waals surface area contributed by atoms with Crippen molar-refractivity contribution in [3.05, 3.63) is 24.5 Å². The molecule has 0 radical (unpaired) electrons. The molecule has 0 spiro atoms. The van der Waals surface area contributed by atoms with Gasteiger partial charge in [-0.3, -0.25) is 19.4 Å². The number of rotatable bonds is 8. The van der Waals surface area contributed by atoms with E-state index < -0.39 is 5.97 Å². The number of hydrogen-bond donors (Lipinski definition) is 0. The van der Waals surface area contributed by atoms with Gasteiger partial charge in [0.15, 0.2) is 0 Å². The molecule has 0 bridgehead atoms. The fourth-order valence-corrected chi connectivity index (χ4v) is 2.34. The molecule has 1 aliphatic rings. The molecule has 1 aliphatic heterocycles. The van der Waals surface area contributed by atoms with Gasteiger partial charge in [0.05, 0.1) is 18.7 Å². The maximum Gasteiger partial charge on any atom is 0.313 e. The molecule has 7 nitrogen and oxygen atoms in total. The van der Waals surface area contributed by atoms with E-state index in [2.05, 4.69) is 21.7 Å². The topological polar surface area (TPSA) is 88.9 Å². The van der Waals surface area contributed by atoms with Crippen molar-refractivity contribution in [3.8, 4) is 0 Å². The molecule has 0 atom stereocenters. The number of pyridine rings is 1. The van der Waals surface area contributed by atoms with Crippen molar-refractivity contribution in [1.82, 2.24) is 4.98 Å². The monoisotopic (exact) mass is 361 g/mol. The highest BCUT2D eigenvalue weighted by Crippen LogP contribution is 2.20. The standard InChI is InChI=1S/C11H13N3O.C8H14O3/c1-2-3-9-8-11(15)14(13-9)10-4-6-12-7-5-10;1-3-5-7(9)6-8(10)11-4-2/h4-7H,2-3,8H2,1H3;3-6H2,1-2H3. The lowest BCUT2D eigenvalue weighted by atomic mass is 10.2. The molecule has 0 N–H and O–H groups in total. The Kier molecular flexibility index (Phi) is 9.82. The van der Waals surface area contributed by atoms with Gasteiger partial charge in [0.2, 0.25) is 0 Å². The maximum atomic E-state index is 11.7. The van der Waals surface area contributed by atoms with Gasteiger partial charge < -0.3 is 4.74 Å². The number of carbonyl (C=O) groups is 3. The first-order valence-corrected chi connectivity index (χ1v) is 8.98. The quantitative estimate of drug-likeness (QED) is 0.523. The number of nitrogens with zero attached hydrogens (tertiary/aromatic N) is 3. The number of Topliss-reactive ketones (excluding diaryl/α,β-unsaturated/α-hetero) is 1. The van der Waals surface area contributed by atoms with Gasteiger partial charge in [-0.05, 0) is 31.9 Å². The van der Waals surface area contributed by atoms with Crippen LogP contribution in [0.1, 0.15) is 59.3 Å². The zero-order valence-corrected chi connectivity index (χ0v) is 15.7. The Hall–Kier alpha value is -2.57. The summed E-state index contributed by atoms with van der Waals surface area (Å²) in [6.07, 6.45) is 6.89. The third-order valence-electron chi connectivity index (χ3n) is 3.45. The summed E-state index contributed by atoms with van der Waals surface area (Å²) in [6.45, 7) is 6.06. The van der Waals surface area contributed by atoms with E-state index in [1.807, 2.05) is 6.92 Å². The number of aromatic nitrogens is 1. The smallest absolute Gasteiger partial charge is 0.313 e. The van der Waals surface area contributed by atoms with Crippen LogP contribution in [0.5, 0.6) is 0 Å². The zero-order chi connectivity index (χ0) is 19.4. The summed E-state index contributed by atoms with van der Waals surface area (Å²) in [6, 6.07) is 3.58. The Morgan fingerprint density at radius 3 is 2.42 bits per heavy atom. The van der Waals surface area contributed by atoms with Crippen LogP contribution in [0.2, 0.25) is 0 Å². The summed E-state index contributed by atoms with van der Waals surface area (Å²) >= 11 is 0. The van der Waals surface area contributed by atoms with E-state index in [0.29, 0.717) is 19.4 Å². The van der Waals surface area contributed by atoms with Crippen molar-refractivity contribution < 1.29 is 19.1 Å². The van der Waals surface area contributed by atoms with Gasteiger partial charge in [-0.2, -0.15) is 5.10 Å². The molecule has 142 valence electrons. The number of ketones is 1. The Bertz CT molecular complexity index is 613. The molecule has 0 unspecified atom stereocenters. The van der Waals surface area contributed by atoms with E-state index in [1.165, 1.54) is 5.01 Å². The zero-order valence-electron chi connectivity index (χ0n) is 15.7. The maximum absolute atomic E-state index is 11.7. The Morgan fingerprint density at radius 2 is 1.85 bits per heavy atom. The highest BCUT2D eigenvalue weighted by Gasteiger charge is 2.24. The van der Waals surface area contributed by atoms with E-state index in [4.69, 9.17) is 0 Å². The minimum absolute atomic E-state index is 0.0362. The molecule has 0 saturated carbocycles. The summed E-state index contributed by atoms with van der Waals surface area (Å²) in [5.74, 6) is -0.401. The lowest BCUT2D eigenvalue weighted by molar-refractivity contribution is -0.145. The van der Waals surface area contributed by atoms with Gasteiger partial charge in [0, 0.05) is 24.5 Å². The van der Waals surface area contributed by atoms with E-state index in [1.54, 1.807) is 31.5 Å². The highest BCUT2D eigenvalue weighted by atomic mass is 16.5. The molecule has 1 aromatic heterocycles. The average Bonchev–Trinajstić information content (AvgIpc) is 2.97. The molecule has 0 saturated heterocycles. The summed E-state index contributed by atoms with van der Waals surface area (Å²) < 4.78 is 4.60. The van der Waals surface area contributed by atoms with Crippen LogP contribution in [0, 0.1) is 0 Å². The van der Waals surface area contributed by atoms with E-state index in [-0.39, 0.29) is 18.1 Å². The molecular weight excluding hydrogens is 334 g/mol. The summed E-state index contributed by atoms with van der Waals surface area (Å²) in [4.78, 5) is 37.1. The lowest BCUT2D eigenvalue weighted by Crippen LogP contribution is -2.19. The molecule has 0 aromatic carbocycles. The van der Waals surface area contributed by atoms with Gasteiger partial charge in [-0.25, -0.2) is 5.01 Å². The van der Waals surface area contributed by atoms with E-state index in [0.717, 1.165) is 30.7 Å². The number of amides is 1. The second kappa shape index (κ2) is 11.9. The first-order chi connectivity index (χ1) is 12.5. The van der Waals surface area contributed by atoms with Crippen LogP contribution in [-0.4, -0.2) is 35.0 Å². The third kappa shape index (κ3) is 7.55. The third-order valence-corrected chi connectivity index (χ3v) is 3.45. The minimum Gasteiger partial charge on any atom is -0.466 e. The molecule has 2 rings (SSSR count). The van der Waals surface area contributed by atoms with Crippen LogP contribution in [0.4, 0.5) is 5.69 Å². The lowest BCUT2D eigenvalue weighted by Gasteiger charge is -2.10. The molecular formula is C19H27N3O4. The van der Waals surface area contributed by atoms with Gasteiger partial charge in [-0.1, -0.05) is 20.3 Å². The first-order valence-electron chi connectivity index (χ1n) is 8.98. The predicted molar refractivity (Wildman–Crippen MR) is 99.8 cm³/mol. The number of hydrazone groups is 1. The van der Waals surface area contributed by atoms with Gasteiger partial charge >= 0.3 is 5.97 Å². The van der Waals surface area contributed by atoms with Gasteiger partial charge in [-0.15, -0.1) is 0 Å². The first kappa shape index (κ1) is 21.5. The van der Waals surface area contributed by atoms with Crippen molar-refractivity contribution >= 4 is 29.1 Å². The van der Waals surface area contributed by atoms with Crippen molar-refractivity contribution in [2.45, 2.75) is 59.3 Å². The van der Waals surface area contributed by atoms with Crippen LogP contribution in [0.3, 0.4) is 0 Å². The van der Waals surface area contributed by atoms with Crippen LogP contribution in [-0.2, 0) is 19.1 Å². The molecule has 1 amide bonds. The largest absolute Gasteiger partial charge is 0.466 e. The predicted octanol–water partition coefficient (Wildman–Crippen LogP) is 3.28. The minimum atomic E-state index is -0.411. The number of esters is 1. The van der Waals surface area contributed by atoms with Gasteiger partial charge in [0.1, 0.15) is 12.2 Å². The molecule has 2 heterocycles. The summed E-state index contributed by atoms with van der Waals surface area (Å²) in [5.41, 5.74) is 1.76. The fraction of sp³-hybridized carbons (Fsp3) is 0.526. The second-order valence-corrected chi connectivity index (χ2v) is 5.77. The fourth-order valence-electron chi connectivity index (χ4n) is 2.34. The van der Waals surface area contributed by atoms with Crippen LogP contribution >= 0.6 is 0 Å². The van der Waals surface area contributed by atoms with Crippen LogP contribution < -0.4 is 5.01 Å². The molecule has 7 heteroatoms. The van der Waals surface area contributed by atoms with E-state index >= 15 is 0 Å².